The number of rotatable bonds is 3. The number of fused-ring (bicyclic) bond motifs is 3. The van der Waals surface area contributed by atoms with Crippen LogP contribution < -0.4 is 9.80 Å². The molecule has 0 fully saturated rings. The van der Waals surface area contributed by atoms with Gasteiger partial charge in [-0.1, -0.05) is 54.6 Å². The van der Waals surface area contributed by atoms with Crippen molar-refractivity contribution in [2.24, 2.45) is 0 Å². The average Bonchev–Trinajstić information content (AvgIpc) is 3.37. The van der Waals surface area contributed by atoms with Gasteiger partial charge in [0.15, 0.2) is 0 Å². The lowest BCUT2D eigenvalue weighted by molar-refractivity contribution is 0.748. The number of aromatic nitrogens is 1. The van der Waals surface area contributed by atoms with Crippen LogP contribution in [0.15, 0.2) is 109 Å². The molecule has 6 rings (SSSR count). The lowest BCUT2D eigenvalue weighted by atomic mass is 10.1. The van der Waals surface area contributed by atoms with Gasteiger partial charge in [-0.2, -0.15) is 0 Å². The van der Waals surface area contributed by atoms with Crippen molar-refractivity contribution in [3.63, 3.8) is 0 Å². The molecule has 0 amide bonds. The fourth-order valence-electron chi connectivity index (χ4n) is 4.96. The van der Waals surface area contributed by atoms with Crippen LogP contribution in [0, 0.1) is 6.92 Å². The van der Waals surface area contributed by atoms with E-state index in [1.165, 1.54) is 44.4 Å². The van der Waals surface area contributed by atoms with Crippen LogP contribution in [-0.4, -0.2) is 10.7 Å². The Labute approximate surface area is 188 Å². The van der Waals surface area contributed by atoms with Crippen molar-refractivity contribution in [1.82, 2.24) is 4.57 Å². The average molecular weight is 416 g/mol. The molecular formula is C29H25N3. The summed E-state index contributed by atoms with van der Waals surface area (Å²) in [5.74, 6) is 0. The maximum absolute atomic E-state index is 2.38. The fourth-order valence-corrected chi connectivity index (χ4v) is 4.96. The molecule has 0 radical (unpaired) electrons. The van der Waals surface area contributed by atoms with Crippen molar-refractivity contribution in [2.45, 2.75) is 20.0 Å². The second kappa shape index (κ2) is 7.31. The van der Waals surface area contributed by atoms with Gasteiger partial charge in [-0.3, -0.25) is 0 Å². The minimum absolute atomic E-state index is 0.197. The largest absolute Gasteiger partial charge is 0.326 e. The summed E-state index contributed by atoms with van der Waals surface area (Å²) >= 11 is 0. The van der Waals surface area contributed by atoms with Gasteiger partial charge in [-0.25, -0.2) is 0 Å². The Balaban J connectivity index is 1.53. The third-order valence-electron chi connectivity index (χ3n) is 6.53. The van der Waals surface area contributed by atoms with Crippen molar-refractivity contribution >= 4 is 33.2 Å². The number of nitrogens with zero attached hydrogens (tertiary/aromatic N) is 3. The van der Waals surface area contributed by atoms with E-state index < -0.39 is 0 Å². The predicted octanol–water partition coefficient (Wildman–Crippen LogP) is 7.24. The highest BCUT2D eigenvalue weighted by Gasteiger charge is 2.26. The van der Waals surface area contributed by atoms with E-state index in [1.54, 1.807) is 0 Å². The number of hydrogen-bond acceptors (Lipinski definition) is 2. The van der Waals surface area contributed by atoms with Gasteiger partial charge in [0.05, 0.1) is 11.0 Å². The molecule has 0 spiro atoms. The zero-order valence-corrected chi connectivity index (χ0v) is 18.3. The van der Waals surface area contributed by atoms with Gasteiger partial charge in [-0.05, 0) is 61.9 Å². The maximum atomic E-state index is 2.38. The Kier molecular flexibility index (Phi) is 4.29. The normalized spacial score (nSPS) is 15.9. The molecule has 3 nitrogen and oxygen atoms in total. The molecule has 0 saturated heterocycles. The lowest BCUT2D eigenvalue weighted by Gasteiger charge is -2.31. The zero-order valence-electron chi connectivity index (χ0n) is 18.3. The molecule has 3 heteroatoms. The standard InChI is InChI=1S/C29H25N3/c1-21-19-26-25-15-9-10-16-27(25)32(24-13-7-4-8-14-24)29(26)20-28(21)31-18-17-30(22(31)2)23-11-5-3-6-12-23/h3-20,22H,1-2H3/t22-/m0/s1. The van der Waals surface area contributed by atoms with Crippen LogP contribution >= 0.6 is 0 Å². The lowest BCUT2D eigenvalue weighted by Crippen LogP contribution is -2.36. The Bertz CT molecular complexity index is 1450. The number of para-hydroxylation sites is 3. The smallest absolute Gasteiger partial charge is 0.107 e. The first-order valence-electron chi connectivity index (χ1n) is 11.1. The molecule has 4 aromatic carbocycles. The van der Waals surface area contributed by atoms with E-state index in [0.29, 0.717) is 0 Å². The van der Waals surface area contributed by atoms with E-state index in [1.807, 2.05) is 0 Å². The maximum Gasteiger partial charge on any atom is 0.107 e. The molecule has 5 aromatic rings. The van der Waals surface area contributed by atoms with E-state index in [2.05, 4.69) is 138 Å². The first kappa shape index (κ1) is 18.8. The van der Waals surface area contributed by atoms with Crippen LogP contribution in [-0.2, 0) is 0 Å². The van der Waals surface area contributed by atoms with Crippen LogP contribution in [0.2, 0.25) is 0 Å². The van der Waals surface area contributed by atoms with Gasteiger partial charge in [0.2, 0.25) is 0 Å². The van der Waals surface area contributed by atoms with Crippen molar-refractivity contribution < 1.29 is 0 Å². The molecule has 1 atom stereocenters. The van der Waals surface area contributed by atoms with Gasteiger partial charge in [-0.15, -0.1) is 0 Å². The minimum atomic E-state index is 0.197. The SMILES string of the molecule is Cc1cc2c3ccccc3n(-c3ccccc3)c2cc1N1C=CN(c2ccccc2)[C@@H]1C. The van der Waals surface area contributed by atoms with Crippen LogP contribution in [0.25, 0.3) is 27.5 Å². The van der Waals surface area contributed by atoms with E-state index in [4.69, 9.17) is 0 Å². The summed E-state index contributed by atoms with van der Waals surface area (Å²) in [7, 11) is 0. The summed E-state index contributed by atoms with van der Waals surface area (Å²) in [6.07, 6.45) is 4.57. The van der Waals surface area contributed by atoms with Gasteiger partial charge in [0.1, 0.15) is 6.17 Å². The molecule has 1 aliphatic rings. The van der Waals surface area contributed by atoms with Crippen LogP contribution in [0.5, 0.6) is 0 Å². The van der Waals surface area contributed by atoms with Crippen molar-refractivity contribution in [3.8, 4) is 5.69 Å². The highest BCUT2D eigenvalue weighted by molar-refractivity contribution is 6.10. The quantitative estimate of drug-likeness (QED) is 0.308. The van der Waals surface area contributed by atoms with Crippen LogP contribution in [0.4, 0.5) is 11.4 Å². The summed E-state index contributed by atoms with van der Waals surface area (Å²) < 4.78 is 2.38. The second-order valence-electron chi connectivity index (χ2n) is 8.42. The van der Waals surface area contributed by atoms with E-state index >= 15 is 0 Å². The first-order valence-corrected chi connectivity index (χ1v) is 11.1. The molecule has 0 unspecified atom stereocenters. The molecule has 0 N–H and O–H groups in total. The van der Waals surface area contributed by atoms with Crippen LogP contribution in [0.3, 0.4) is 0 Å². The van der Waals surface area contributed by atoms with Gasteiger partial charge in [0, 0.05) is 40.2 Å². The molecule has 0 saturated carbocycles. The number of aryl methyl sites for hydroxylation is 1. The summed E-state index contributed by atoms with van der Waals surface area (Å²) in [5, 5.41) is 2.58. The van der Waals surface area contributed by atoms with E-state index in [-0.39, 0.29) is 6.17 Å². The molecule has 0 bridgehead atoms. The molecule has 32 heavy (non-hydrogen) atoms. The molecular weight excluding hydrogens is 390 g/mol. The number of hydrogen-bond donors (Lipinski definition) is 0. The number of anilines is 2. The highest BCUT2D eigenvalue weighted by Crippen LogP contribution is 2.38. The monoisotopic (exact) mass is 415 g/mol. The second-order valence-corrected chi connectivity index (χ2v) is 8.42. The molecule has 156 valence electrons. The minimum Gasteiger partial charge on any atom is -0.326 e. The molecule has 1 aliphatic heterocycles. The topological polar surface area (TPSA) is 11.4 Å². The van der Waals surface area contributed by atoms with E-state index in [9.17, 15) is 0 Å². The molecule has 0 aliphatic carbocycles. The van der Waals surface area contributed by atoms with E-state index in [0.717, 1.165) is 0 Å². The fraction of sp³-hybridized carbons (Fsp3) is 0.103. The Morgan fingerprint density at radius 3 is 1.97 bits per heavy atom. The van der Waals surface area contributed by atoms with Crippen molar-refractivity contribution in [3.05, 3.63) is 115 Å². The van der Waals surface area contributed by atoms with Gasteiger partial charge >= 0.3 is 0 Å². The number of benzene rings is 4. The van der Waals surface area contributed by atoms with Crippen molar-refractivity contribution in [2.75, 3.05) is 9.80 Å². The first-order chi connectivity index (χ1) is 15.7. The van der Waals surface area contributed by atoms with Gasteiger partial charge < -0.3 is 14.4 Å². The highest BCUT2D eigenvalue weighted by atomic mass is 15.4. The summed E-state index contributed by atoms with van der Waals surface area (Å²) in [6, 6.07) is 34.6. The summed E-state index contributed by atoms with van der Waals surface area (Å²) in [4.78, 5) is 4.69. The Morgan fingerprint density at radius 2 is 1.22 bits per heavy atom. The predicted molar refractivity (Wildman–Crippen MR) is 136 cm³/mol. The summed E-state index contributed by atoms with van der Waals surface area (Å²) in [6.45, 7) is 4.47. The zero-order chi connectivity index (χ0) is 21.7. The molecule has 1 aromatic heterocycles. The Morgan fingerprint density at radius 1 is 0.594 bits per heavy atom. The third-order valence-corrected chi connectivity index (χ3v) is 6.53. The Hall–Kier alpha value is -3.98. The van der Waals surface area contributed by atoms with Crippen LogP contribution in [0.1, 0.15) is 12.5 Å². The molecule has 2 heterocycles. The summed E-state index contributed by atoms with van der Waals surface area (Å²) in [5.41, 5.74) is 7.37. The van der Waals surface area contributed by atoms with Gasteiger partial charge in [0.25, 0.3) is 0 Å². The van der Waals surface area contributed by atoms with Crippen molar-refractivity contribution in [1.29, 1.82) is 0 Å². The third kappa shape index (κ3) is 2.82.